The van der Waals surface area contributed by atoms with Crippen LogP contribution in [-0.4, -0.2) is 33.2 Å². The summed E-state index contributed by atoms with van der Waals surface area (Å²) in [7, 11) is 1.74. The van der Waals surface area contributed by atoms with Crippen LogP contribution in [0.25, 0.3) is 0 Å². The van der Waals surface area contributed by atoms with Crippen molar-refractivity contribution in [2.45, 2.75) is 25.8 Å². The van der Waals surface area contributed by atoms with Crippen LogP contribution in [0.2, 0.25) is 0 Å². The molecule has 1 aromatic rings. The second kappa shape index (κ2) is 5.00. The molecule has 1 aliphatic heterocycles. The highest BCUT2D eigenvalue weighted by molar-refractivity contribution is 7.99. The van der Waals surface area contributed by atoms with E-state index >= 15 is 0 Å². The number of nitrogens with one attached hydrogen (secondary N) is 1. The van der Waals surface area contributed by atoms with Gasteiger partial charge in [0.2, 0.25) is 0 Å². The van der Waals surface area contributed by atoms with E-state index < -0.39 is 0 Å². The lowest BCUT2D eigenvalue weighted by atomic mass is 10.2. The Balaban J connectivity index is 2.08. The number of nitrogen functional groups attached to an aromatic ring is 1. The molecular weight excluding hydrogens is 236 g/mol. The minimum atomic E-state index is -0.113. The molecule has 1 aliphatic rings. The van der Waals surface area contributed by atoms with Gasteiger partial charge >= 0.3 is 0 Å². The summed E-state index contributed by atoms with van der Waals surface area (Å²) in [6.45, 7) is 1.81. The highest BCUT2D eigenvalue weighted by atomic mass is 32.2. The van der Waals surface area contributed by atoms with Crippen molar-refractivity contribution in [3.63, 3.8) is 0 Å². The first-order valence-corrected chi connectivity index (χ1v) is 6.92. The van der Waals surface area contributed by atoms with Crippen LogP contribution in [0.3, 0.4) is 0 Å². The molecule has 1 aromatic heterocycles. The van der Waals surface area contributed by atoms with E-state index in [0.717, 1.165) is 18.6 Å². The average Bonchev–Trinajstić information content (AvgIpc) is 2.54. The highest BCUT2D eigenvalue weighted by Crippen LogP contribution is 2.19. The van der Waals surface area contributed by atoms with E-state index in [-0.39, 0.29) is 11.9 Å². The Labute approximate surface area is 105 Å². The van der Waals surface area contributed by atoms with Crippen molar-refractivity contribution < 1.29 is 4.79 Å². The number of hydrogen-bond donors (Lipinski definition) is 2. The molecule has 0 spiro atoms. The molecule has 1 saturated heterocycles. The van der Waals surface area contributed by atoms with Gasteiger partial charge in [-0.25, -0.2) is 0 Å². The SMILES string of the molecule is Cc1nn(C)c(C(=O)NC2CCCSC2)c1N. The first-order chi connectivity index (χ1) is 8.09. The Hall–Kier alpha value is -1.17. The summed E-state index contributed by atoms with van der Waals surface area (Å²) in [4.78, 5) is 12.1. The van der Waals surface area contributed by atoms with E-state index in [0.29, 0.717) is 17.1 Å². The average molecular weight is 254 g/mol. The van der Waals surface area contributed by atoms with E-state index in [2.05, 4.69) is 10.4 Å². The maximum absolute atomic E-state index is 12.1. The number of aryl methyl sites for hydroxylation is 2. The molecule has 1 unspecified atom stereocenters. The second-order valence-corrected chi connectivity index (χ2v) is 5.51. The number of hydrogen-bond acceptors (Lipinski definition) is 4. The van der Waals surface area contributed by atoms with Crippen molar-refractivity contribution in [2.24, 2.45) is 7.05 Å². The third kappa shape index (κ3) is 2.57. The fraction of sp³-hybridized carbons (Fsp3) is 0.636. The Morgan fingerprint density at radius 2 is 2.41 bits per heavy atom. The first kappa shape index (κ1) is 12.3. The van der Waals surface area contributed by atoms with Crippen LogP contribution < -0.4 is 11.1 Å². The van der Waals surface area contributed by atoms with Gasteiger partial charge < -0.3 is 11.1 Å². The summed E-state index contributed by atoms with van der Waals surface area (Å²) in [6, 6.07) is 0.260. The van der Waals surface area contributed by atoms with Crippen LogP contribution in [0.15, 0.2) is 0 Å². The molecule has 3 N–H and O–H groups in total. The standard InChI is InChI=1S/C11H18N4OS/c1-7-9(12)10(15(2)14-7)11(16)13-8-4-3-5-17-6-8/h8H,3-6,12H2,1-2H3,(H,13,16). The summed E-state index contributed by atoms with van der Waals surface area (Å²) in [5, 5.41) is 7.18. The summed E-state index contributed by atoms with van der Waals surface area (Å²) in [6.07, 6.45) is 2.21. The largest absolute Gasteiger partial charge is 0.395 e. The number of carbonyl (C=O) groups excluding carboxylic acids is 1. The van der Waals surface area contributed by atoms with Gasteiger partial charge in [-0.05, 0) is 25.5 Å². The zero-order chi connectivity index (χ0) is 12.4. The molecule has 17 heavy (non-hydrogen) atoms. The molecule has 0 radical (unpaired) electrons. The van der Waals surface area contributed by atoms with Crippen molar-refractivity contribution in [3.05, 3.63) is 11.4 Å². The molecule has 0 saturated carbocycles. The number of nitrogens with zero attached hydrogens (tertiary/aromatic N) is 2. The highest BCUT2D eigenvalue weighted by Gasteiger charge is 2.22. The van der Waals surface area contributed by atoms with Gasteiger partial charge in [-0.3, -0.25) is 9.48 Å². The number of aromatic nitrogens is 2. The number of anilines is 1. The van der Waals surface area contributed by atoms with Crippen molar-refractivity contribution in [1.82, 2.24) is 15.1 Å². The van der Waals surface area contributed by atoms with Gasteiger partial charge in [-0.2, -0.15) is 16.9 Å². The summed E-state index contributed by atoms with van der Waals surface area (Å²) >= 11 is 1.89. The normalized spacial score (nSPS) is 20.2. The molecule has 1 amide bonds. The minimum Gasteiger partial charge on any atom is -0.395 e. The van der Waals surface area contributed by atoms with Gasteiger partial charge in [0.05, 0.1) is 11.4 Å². The molecule has 6 heteroatoms. The van der Waals surface area contributed by atoms with Gasteiger partial charge in [0, 0.05) is 18.8 Å². The summed E-state index contributed by atoms with van der Waals surface area (Å²) in [5.74, 6) is 2.07. The molecule has 5 nitrogen and oxygen atoms in total. The maximum atomic E-state index is 12.1. The molecule has 0 aromatic carbocycles. The zero-order valence-corrected chi connectivity index (χ0v) is 11.0. The van der Waals surface area contributed by atoms with Gasteiger partial charge in [0.25, 0.3) is 5.91 Å². The molecule has 0 bridgehead atoms. The quantitative estimate of drug-likeness (QED) is 0.823. The third-order valence-electron chi connectivity index (χ3n) is 2.98. The lowest BCUT2D eigenvalue weighted by Gasteiger charge is -2.22. The predicted molar refractivity (Wildman–Crippen MR) is 70.2 cm³/mol. The molecule has 0 aliphatic carbocycles. The van der Waals surface area contributed by atoms with Crippen LogP contribution in [0.5, 0.6) is 0 Å². The summed E-state index contributed by atoms with van der Waals surface area (Å²) < 4.78 is 1.55. The van der Waals surface area contributed by atoms with Crippen LogP contribution in [0.4, 0.5) is 5.69 Å². The van der Waals surface area contributed by atoms with Crippen LogP contribution >= 0.6 is 11.8 Å². The van der Waals surface area contributed by atoms with E-state index in [1.165, 1.54) is 5.75 Å². The van der Waals surface area contributed by atoms with E-state index in [9.17, 15) is 4.79 Å². The molecule has 94 valence electrons. The fourth-order valence-corrected chi connectivity index (χ4v) is 3.12. The van der Waals surface area contributed by atoms with E-state index in [1.807, 2.05) is 18.7 Å². The smallest absolute Gasteiger partial charge is 0.271 e. The lowest BCUT2D eigenvalue weighted by molar-refractivity contribution is 0.0930. The monoisotopic (exact) mass is 254 g/mol. The first-order valence-electron chi connectivity index (χ1n) is 5.77. The van der Waals surface area contributed by atoms with Crippen molar-refractivity contribution >= 4 is 23.4 Å². The topological polar surface area (TPSA) is 72.9 Å². The van der Waals surface area contributed by atoms with Gasteiger partial charge in [-0.1, -0.05) is 0 Å². The molecule has 1 atom stereocenters. The van der Waals surface area contributed by atoms with E-state index in [1.54, 1.807) is 11.7 Å². The third-order valence-corrected chi connectivity index (χ3v) is 4.19. The van der Waals surface area contributed by atoms with Crippen LogP contribution in [0, 0.1) is 6.92 Å². The second-order valence-electron chi connectivity index (χ2n) is 4.36. The van der Waals surface area contributed by atoms with Gasteiger partial charge in [0.1, 0.15) is 5.69 Å². The predicted octanol–water partition coefficient (Wildman–Crippen LogP) is 0.936. The van der Waals surface area contributed by atoms with E-state index in [4.69, 9.17) is 5.73 Å². The maximum Gasteiger partial charge on any atom is 0.271 e. The van der Waals surface area contributed by atoms with Crippen molar-refractivity contribution in [3.8, 4) is 0 Å². The zero-order valence-electron chi connectivity index (χ0n) is 10.2. The summed E-state index contributed by atoms with van der Waals surface area (Å²) in [5.41, 5.74) is 7.51. The van der Waals surface area contributed by atoms with Crippen molar-refractivity contribution in [2.75, 3.05) is 17.2 Å². The molecular formula is C11H18N4OS. The molecule has 2 rings (SSSR count). The number of thioether (sulfide) groups is 1. The Bertz CT molecular complexity index is 423. The number of carbonyl (C=O) groups is 1. The molecule has 1 fully saturated rings. The molecule has 2 heterocycles. The number of nitrogens with two attached hydrogens (primary N) is 1. The number of rotatable bonds is 2. The number of amides is 1. The Morgan fingerprint density at radius 1 is 1.65 bits per heavy atom. The van der Waals surface area contributed by atoms with Crippen molar-refractivity contribution in [1.29, 1.82) is 0 Å². The Morgan fingerprint density at radius 3 is 2.94 bits per heavy atom. The Kier molecular flexibility index (Phi) is 3.61. The van der Waals surface area contributed by atoms with Crippen LogP contribution in [0.1, 0.15) is 29.0 Å². The lowest BCUT2D eigenvalue weighted by Crippen LogP contribution is -2.39. The van der Waals surface area contributed by atoms with Crippen LogP contribution in [-0.2, 0) is 7.05 Å². The minimum absolute atomic E-state index is 0.113. The van der Waals surface area contributed by atoms with Gasteiger partial charge in [0.15, 0.2) is 0 Å². The fourth-order valence-electron chi connectivity index (χ4n) is 2.05. The van der Waals surface area contributed by atoms with Gasteiger partial charge in [-0.15, -0.1) is 0 Å².